The van der Waals surface area contributed by atoms with E-state index in [0.717, 1.165) is 5.56 Å². The maximum atomic E-state index is 12.2. The molecule has 154 valence electrons. The summed E-state index contributed by atoms with van der Waals surface area (Å²) in [5, 5.41) is 2.55. The molecule has 8 nitrogen and oxygen atoms in total. The van der Waals surface area contributed by atoms with Crippen molar-refractivity contribution in [2.24, 2.45) is 0 Å². The van der Waals surface area contributed by atoms with Crippen LogP contribution in [0.2, 0.25) is 0 Å². The second kappa shape index (κ2) is 9.59. The molecule has 0 aliphatic carbocycles. The maximum Gasteiger partial charge on any atom is 0.412 e. The molecule has 0 aliphatic rings. The van der Waals surface area contributed by atoms with Gasteiger partial charge < -0.3 is 9.47 Å². The number of hydrazine groups is 1. The van der Waals surface area contributed by atoms with Crippen molar-refractivity contribution in [2.75, 3.05) is 11.9 Å². The van der Waals surface area contributed by atoms with Crippen LogP contribution < -0.4 is 20.9 Å². The van der Waals surface area contributed by atoms with Crippen LogP contribution in [0.25, 0.3) is 0 Å². The molecule has 0 radical (unpaired) electrons. The van der Waals surface area contributed by atoms with Crippen LogP contribution in [0.4, 0.5) is 10.5 Å². The van der Waals surface area contributed by atoms with Gasteiger partial charge in [0.25, 0.3) is 11.8 Å². The zero-order chi connectivity index (χ0) is 21.4. The van der Waals surface area contributed by atoms with Crippen molar-refractivity contribution in [3.8, 4) is 5.75 Å². The van der Waals surface area contributed by atoms with Gasteiger partial charge in [0.2, 0.25) is 0 Å². The smallest absolute Gasteiger partial charge is 0.412 e. The van der Waals surface area contributed by atoms with Crippen LogP contribution >= 0.6 is 0 Å². The Morgan fingerprint density at radius 2 is 1.69 bits per heavy atom. The van der Waals surface area contributed by atoms with Crippen molar-refractivity contribution < 1.29 is 23.9 Å². The molecule has 0 aliphatic heterocycles. The molecule has 0 fully saturated rings. The van der Waals surface area contributed by atoms with Crippen molar-refractivity contribution in [1.29, 1.82) is 0 Å². The Hall–Kier alpha value is -3.55. The van der Waals surface area contributed by atoms with E-state index in [4.69, 9.17) is 9.47 Å². The molecular weight excluding hydrogens is 374 g/mol. The number of rotatable bonds is 5. The summed E-state index contributed by atoms with van der Waals surface area (Å²) in [5.74, 6) is -0.457. The average Bonchev–Trinajstić information content (AvgIpc) is 2.64. The average molecular weight is 399 g/mol. The normalized spacial score (nSPS) is 10.6. The summed E-state index contributed by atoms with van der Waals surface area (Å²) in [7, 11) is 0. The quantitative estimate of drug-likeness (QED) is 0.670. The highest BCUT2D eigenvalue weighted by Gasteiger charge is 2.16. The molecular formula is C21H25N3O5. The molecule has 3 N–H and O–H groups in total. The van der Waals surface area contributed by atoms with Gasteiger partial charge in [-0.15, -0.1) is 0 Å². The summed E-state index contributed by atoms with van der Waals surface area (Å²) >= 11 is 0. The number of aryl methyl sites for hydroxylation is 1. The molecule has 2 aromatic rings. The molecule has 2 aromatic carbocycles. The number of hydrogen-bond acceptors (Lipinski definition) is 5. The van der Waals surface area contributed by atoms with Crippen LogP contribution in [0.1, 0.15) is 36.7 Å². The summed E-state index contributed by atoms with van der Waals surface area (Å²) in [4.78, 5) is 36.0. The highest BCUT2D eigenvalue weighted by molar-refractivity contribution is 5.97. The first-order chi connectivity index (χ1) is 13.6. The van der Waals surface area contributed by atoms with Gasteiger partial charge in [0.1, 0.15) is 11.4 Å². The van der Waals surface area contributed by atoms with Gasteiger partial charge in [0.15, 0.2) is 6.61 Å². The van der Waals surface area contributed by atoms with Gasteiger partial charge in [-0.2, -0.15) is 0 Å². The molecule has 8 heteroatoms. The first kappa shape index (κ1) is 21.7. The van der Waals surface area contributed by atoms with Gasteiger partial charge in [-0.05, 0) is 57.5 Å². The van der Waals surface area contributed by atoms with E-state index in [1.807, 2.05) is 19.1 Å². The second-order valence-electron chi connectivity index (χ2n) is 7.26. The molecule has 0 spiro atoms. The summed E-state index contributed by atoms with van der Waals surface area (Å²) < 4.78 is 10.6. The van der Waals surface area contributed by atoms with Crippen LogP contribution in [0.3, 0.4) is 0 Å². The summed E-state index contributed by atoms with van der Waals surface area (Å²) in [6, 6.07) is 13.5. The fourth-order valence-corrected chi connectivity index (χ4v) is 2.26. The van der Waals surface area contributed by atoms with Gasteiger partial charge in [-0.1, -0.05) is 24.3 Å². The Balaban J connectivity index is 1.85. The maximum absolute atomic E-state index is 12.2. The summed E-state index contributed by atoms with van der Waals surface area (Å²) in [6.07, 6.45) is -0.628. The number of hydrogen-bond donors (Lipinski definition) is 3. The van der Waals surface area contributed by atoms with E-state index in [1.165, 1.54) is 6.07 Å². The lowest BCUT2D eigenvalue weighted by molar-refractivity contribution is -0.123. The number of nitrogens with one attached hydrogen (secondary N) is 3. The Morgan fingerprint density at radius 3 is 2.38 bits per heavy atom. The van der Waals surface area contributed by atoms with Gasteiger partial charge in [0.05, 0.1) is 0 Å². The Bertz CT molecular complexity index is 890. The van der Waals surface area contributed by atoms with Crippen molar-refractivity contribution >= 4 is 23.6 Å². The molecule has 0 saturated carbocycles. The third kappa shape index (κ3) is 7.53. The minimum atomic E-state index is -0.635. The molecule has 0 bridgehead atoms. The zero-order valence-electron chi connectivity index (χ0n) is 16.9. The predicted octanol–water partition coefficient (Wildman–Crippen LogP) is 3.18. The number of ether oxygens (including phenoxy) is 2. The number of anilines is 1. The number of amides is 3. The van der Waals surface area contributed by atoms with Gasteiger partial charge in [-0.3, -0.25) is 25.8 Å². The molecule has 0 unspecified atom stereocenters. The van der Waals surface area contributed by atoms with E-state index in [2.05, 4.69) is 16.2 Å². The molecule has 0 aromatic heterocycles. The summed E-state index contributed by atoms with van der Waals surface area (Å²) in [5.41, 5.74) is 5.50. The van der Waals surface area contributed by atoms with Gasteiger partial charge in [0, 0.05) is 11.3 Å². The lowest BCUT2D eigenvalue weighted by Crippen LogP contribution is -2.43. The first-order valence-corrected chi connectivity index (χ1v) is 9.02. The van der Waals surface area contributed by atoms with Crippen molar-refractivity contribution in [2.45, 2.75) is 33.3 Å². The molecule has 2 rings (SSSR count). The second-order valence-corrected chi connectivity index (χ2v) is 7.26. The highest BCUT2D eigenvalue weighted by atomic mass is 16.6. The minimum Gasteiger partial charge on any atom is -0.483 e. The third-order valence-corrected chi connectivity index (χ3v) is 3.54. The monoisotopic (exact) mass is 399 g/mol. The van der Waals surface area contributed by atoms with Crippen LogP contribution in [0.5, 0.6) is 5.75 Å². The molecule has 0 heterocycles. The van der Waals surface area contributed by atoms with E-state index >= 15 is 0 Å². The van der Waals surface area contributed by atoms with Crippen LogP contribution in [-0.2, 0) is 9.53 Å². The van der Waals surface area contributed by atoms with Gasteiger partial charge in [-0.25, -0.2) is 4.79 Å². The Morgan fingerprint density at radius 1 is 0.966 bits per heavy atom. The Labute approximate surface area is 169 Å². The number of carbonyl (C=O) groups excluding carboxylic acids is 3. The Kier molecular flexibility index (Phi) is 7.19. The lowest BCUT2D eigenvalue weighted by atomic mass is 10.2. The van der Waals surface area contributed by atoms with Crippen LogP contribution in [0, 0.1) is 6.92 Å². The highest BCUT2D eigenvalue weighted by Crippen LogP contribution is 2.16. The molecule has 0 atom stereocenters. The molecule has 3 amide bonds. The number of carbonyl (C=O) groups is 3. The van der Waals surface area contributed by atoms with E-state index in [9.17, 15) is 14.4 Å². The largest absolute Gasteiger partial charge is 0.483 e. The molecule has 0 saturated heterocycles. The van der Waals surface area contributed by atoms with Crippen molar-refractivity contribution in [1.82, 2.24) is 10.9 Å². The molecule has 29 heavy (non-hydrogen) atoms. The summed E-state index contributed by atoms with van der Waals surface area (Å²) in [6.45, 7) is 6.88. The number of para-hydroxylation sites is 1. The van der Waals surface area contributed by atoms with Gasteiger partial charge >= 0.3 is 6.09 Å². The number of benzene rings is 2. The van der Waals surface area contributed by atoms with E-state index in [0.29, 0.717) is 11.4 Å². The van der Waals surface area contributed by atoms with Crippen LogP contribution in [0.15, 0.2) is 48.5 Å². The van der Waals surface area contributed by atoms with Crippen molar-refractivity contribution in [3.05, 3.63) is 59.7 Å². The first-order valence-electron chi connectivity index (χ1n) is 9.02. The standard InChI is InChI=1S/C21H25N3O5/c1-14-8-5-6-11-17(14)28-13-18(25)23-24-19(26)15-9-7-10-16(12-15)22-20(27)29-21(2,3)4/h5-12H,13H2,1-4H3,(H,22,27)(H,23,25)(H,24,26). The van der Waals surface area contributed by atoms with Crippen LogP contribution in [-0.4, -0.2) is 30.1 Å². The zero-order valence-corrected chi connectivity index (χ0v) is 16.9. The van der Waals surface area contributed by atoms with E-state index in [1.54, 1.807) is 51.1 Å². The SMILES string of the molecule is Cc1ccccc1OCC(=O)NNC(=O)c1cccc(NC(=O)OC(C)(C)C)c1. The lowest BCUT2D eigenvalue weighted by Gasteiger charge is -2.19. The fourth-order valence-electron chi connectivity index (χ4n) is 2.26. The van der Waals surface area contributed by atoms with E-state index < -0.39 is 23.5 Å². The fraction of sp³-hybridized carbons (Fsp3) is 0.286. The predicted molar refractivity (Wildman–Crippen MR) is 109 cm³/mol. The third-order valence-electron chi connectivity index (χ3n) is 3.54. The topological polar surface area (TPSA) is 106 Å². The minimum absolute atomic E-state index is 0.245. The van der Waals surface area contributed by atoms with E-state index in [-0.39, 0.29) is 12.2 Å². The van der Waals surface area contributed by atoms with Crippen molar-refractivity contribution in [3.63, 3.8) is 0 Å².